The van der Waals surface area contributed by atoms with E-state index in [0.29, 0.717) is 11.4 Å². The van der Waals surface area contributed by atoms with E-state index in [1.807, 2.05) is 30.3 Å². The summed E-state index contributed by atoms with van der Waals surface area (Å²) in [5.74, 6) is 0.146. The second kappa shape index (κ2) is 7.18. The molecular weight excluding hydrogens is 310 g/mol. The van der Waals surface area contributed by atoms with E-state index in [0.717, 1.165) is 25.1 Å². The van der Waals surface area contributed by atoms with Gasteiger partial charge in [0.05, 0.1) is 17.5 Å². The van der Waals surface area contributed by atoms with Crippen LogP contribution in [-0.2, 0) is 18.3 Å². The lowest BCUT2D eigenvalue weighted by Gasteiger charge is -2.30. The van der Waals surface area contributed by atoms with E-state index in [4.69, 9.17) is 11.6 Å². The Morgan fingerprint density at radius 3 is 2.87 bits per heavy atom. The molecule has 1 aliphatic heterocycles. The quantitative estimate of drug-likeness (QED) is 0.859. The predicted octanol–water partition coefficient (Wildman–Crippen LogP) is 3.76. The van der Waals surface area contributed by atoms with Crippen LogP contribution in [0.1, 0.15) is 43.1 Å². The first-order valence-electron chi connectivity index (χ1n) is 8.16. The van der Waals surface area contributed by atoms with Gasteiger partial charge in [0.25, 0.3) is 0 Å². The summed E-state index contributed by atoms with van der Waals surface area (Å²) in [6.45, 7) is 0.822. The van der Waals surface area contributed by atoms with Crippen LogP contribution in [0, 0.1) is 0 Å². The van der Waals surface area contributed by atoms with Gasteiger partial charge in [0, 0.05) is 37.4 Å². The molecule has 0 bridgehead atoms. The van der Waals surface area contributed by atoms with E-state index in [2.05, 4.69) is 15.6 Å². The first-order chi connectivity index (χ1) is 11.1. The number of rotatable bonds is 3. The van der Waals surface area contributed by atoms with Crippen molar-refractivity contribution in [1.29, 1.82) is 0 Å². The highest BCUT2D eigenvalue weighted by Gasteiger charge is 2.28. The Balaban J connectivity index is 1.80. The summed E-state index contributed by atoms with van der Waals surface area (Å²) in [5, 5.41) is 0.595. The number of likely N-dealkylation sites (tertiary alicyclic amines) is 1. The first kappa shape index (κ1) is 16.1. The van der Waals surface area contributed by atoms with Gasteiger partial charge in [-0.2, -0.15) is 0 Å². The zero-order chi connectivity index (χ0) is 16.2. The molecule has 0 spiro atoms. The fourth-order valence-corrected chi connectivity index (χ4v) is 3.41. The molecule has 5 heteroatoms. The van der Waals surface area contributed by atoms with Crippen molar-refractivity contribution in [3.8, 4) is 0 Å². The summed E-state index contributed by atoms with van der Waals surface area (Å²) >= 11 is 5.87. The van der Waals surface area contributed by atoms with Gasteiger partial charge in [-0.05, 0) is 37.1 Å². The van der Waals surface area contributed by atoms with E-state index >= 15 is 0 Å². The standard InChI is InChI=1S/C18H22ClN3O/c1-21-10-5-7-16(21)17-6-3-2-4-11-22(17)18(23)12-15-9-8-14(19)13-20-15/h5,7-10,13,17H,2-4,6,11-12H2,1H3. The number of pyridine rings is 1. The Hall–Kier alpha value is -1.81. The number of nitrogens with zero attached hydrogens (tertiary/aromatic N) is 3. The number of hydrogen-bond acceptors (Lipinski definition) is 2. The predicted molar refractivity (Wildman–Crippen MR) is 91.3 cm³/mol. The number of amides is 1. The van der Waals surface area contributed by atoms with Gasteiger partial charge in [0.1, 0.15) is 0 Å². The molecule has 1 unspecified atom stereocenters. The third-order valence-electron chi connectivity index (χ3n) is 4.52. The molecule has 2 aromatic rings. The van der Waals surface area contributed by atoms with Gasteiger partial charge in [0.15, 0.2) is 0 Å². The van der Waals surface area contributed by atoms with Gasteiger partial charge in [-0.1, -0.05) is 24.4 Å². The minimum Gasteiger partial charge on any atom is -0.353 e. The van der Waals surface area contributed by atoms with Gasteiger partial charge in [-0.25, -0.2) is 0 Å². The van der Waals surface area contributed by atoms with Crippen molar-refractivity contribution < 1.29 is 4.79 Å². The molecule has 0 aromatic carbocycles. The van der Waals surface area contributed by atoms with Gasteiger partial charge in [-0.3, -0.25) is 9.78 Å². The SMILES string of the molecule is Cn1cccc1C1CCCCCN1C(=O)Cc1ccc(Cl)cn1. The van der Waals surface area contributed by atoms with Crippen LogP contribution in [0.2, 0.25) is 5.02 Å². The van der Waals surface area contributed by atoms with Gasteiger partial charge in [0.2, 0.25) is 5.91 Å². The lowest BCUT2D eigenvalue weighted by molar-refractivity contribution is -0.133. The molecule has 122 valence electrons. The number of hydrogen-bond donors (Lipinski definition) is 0. The van der Waals surface area contributed by atoms with Crippen molar-refractivity contribution >= 4 is 17.5 Å². The average Bonchev–Trinajstić information content (AvgIpc) is 2.82. The van der Waals surface area contributed by atoms with Crippen LogP contribution in [-0.4, -0.2) is 26.9 Å². The molecule has 4 nitrogen and oxygen atoms in total. The van der Waals surface area contributed by atoms with Crippen molar-refractivity contribution in [1.82, 2.24) is 14.5 Å². The molecule has 0 saturated carbocycles. The summed E-state index contributed by atoms with van der Waals surface area (Å²) in [7, 11) is 2.05. The minimum atomic E-state index is 0.146. The normalized spacial score (nSPS) is 18.7. The molecule has 3 rings (SSSR count). The van der Waals surface area contributed by atoms with E-state index < -0.39 is 0 Å². The summed E-state index contributed by atoms with van der Waals surface area (Å²) in [6, 6.07) is 7.95. The van der Waals surface area contributed by atoms with Crippen LogP contribution in [0.4, 0.5) is 0 Å². The fraction of sp³-hybridized carbons (Fsp3) is 0.444. The maximum atomic E-state index is 12.9. The van der Waals surface area contributed by atoms with Crippen molar-refractivity contribution in [2.24, 2.45) is 7.05 Å². The highest BCUT2D eigenvalue weighted by atomic mass is 35.5. The molecule has 2 aromatic heterocycles. The third kappa shape index (κ3) is 3.75. The highest BCUT2D eigenvalue weighted by Crippen LogP contribution is 2.30. The molecule has 1 aliphatic rings. The van der Waals surface area contributed by atoms with Crippen LogP contribution in [0.5, 0.6) is 0 Å². The van der Waals surface area contributed by atoms with Crippen LogP contribution in [0.3, 0.4) is 0 Å². The second-order valence-corrected chi connectivity index (χ2v) is 6.58. The Bertz CT molecular complexity index is 665. The molecule has 1 atom stereocenters. The maximum Gasteiger partial charge on any atom is 0.229 e. The van der Waals surface area contributed by atoms with Crippen LogP contribution in [0.15, 0.2) is 36.7 Å². The molecule has 1 fully saturated rings. The topological polar surface area (TPSA) is 38.1 Å². The third-order valence-corrected chi connectivity index (χ3v) is 4.74. The molecule has 23 heavy (non-hydrogen) atoms. The summed E-state index contributed by atoms with van der Waals surface area (Å²) in [6.07, 6.45) is 8.42. The van der Waals surface area contributed by atoms with E-state index in [1.165, 1.54) is 18.5 Å². The van der Waals surface area contributed by atoms with E-state index in [-0.39, 0.29) is 11.9 Å². The zero-order valence-electron chi connectivity index (χ0n) is 13.4. The molecule has 1 amide bonds. The molecule has 1 saturated heterocycles. The fourth-order valence-electron chi connectivity index (χ4n) is 3.30. The molecule has 3 heterocycles. The Morgan fingerprint density at radius 2 is 2.17 bits per heavy atom. The van der Waals surface area contributed by atoms with Crippen molar-refractivity contribution in [2.45, 2.75) is 38.1 Å². The molecule has 0 radical (unpaired) electrons. The molecular formula is C18H22ClN3O. The monoisotopic (exact) mass is 331 g/mol. The van der Waals surface area contributed by atoms with Crippen LogP contribution < -0.4 is 0 Å². The molecule has 0 aliphatic carbocycles. The van der Waals surface area contributed by atoms with Crippen molar-refractivity contribution in [3.63, 3.8) is 0 Å². The zero-order valence-corrected chi connectivity index (χ0v) is 14.2. The number of carbonyl (C=O) groups excluding carboxylic acids is 1. The van der Waals surface area contributed by atoms with E-state index in [1.54, 1.807) is 12.3 Å². The maximum absolute atomic E-state index is 12.9. The number of aryl methyl sites for hydroxylation is 1. The van der Waals surface area contributed by atoms with Gasteiger partial charge < -0.3 is 9.47 Å². The summed E-state index contributed by atoms with van der Waals surface area (Å²) in [5.41, 5.74) is 1.98. The van der Waals surface area contributed by atoms with Gasteiger partial charge >= 0.3 is 0 Å². The Labute approximate surface area is 142 Å². The average molecular weight is 332 g/mol. The largest absolute Gasteiger partial charge is 0.353 e. The summed E-state index contributed by atoms with van der Waals surface area (Å²) < 4.78 is 2.12. The first-order valence-corrected chi connectivity index (χ1v) is 8.54. The van der Waals surface area contributed by atoms with Crippen LogP contribution in [0.25, 0.3) is 0 Å². The number of aromatic nitrogens is 2. The highest BCUT2D eigenvalue weighted by molar-refractivity contribution is 6.30. The van der Waals surface area contributed by atoms with Crippen LogP contribution >= 0.6 is 11.6 Å². The smallest absolute Gasteiger partial charge is 0.229 e. The number of halogens is 1. The minimum absolute atomic E-state index is 0.146. The molecule has 0 N–H and O–H groups in total. The van der Waals surface area contributed by atoms with Crippen molar-refractivity contribution in [2.75, 3.05) is 6.54 Å². The van der Waals surface area contributed by atoms with E-state index in [9.17, 15) is 4.79 Å². The number of carbonyl (C=O) groups is 1. The Kier molecular flexibility index (Phi) is 5.01. The Morgan fingerprint density at radius 1 is 1.30 bits per heavy atom. The van der Waals surface area contributed by atoms with Gasteiger partial charge in [-0.15, -0.1) is 0 Å². The second-order valence-electron chi connectivity index (χ2n) is 6.14. The van der Waals surface area contributed by atoms with Crippen molar-refractivity contribution in [3.05, 3.63) is 53.1 Å². The lowest BCUT2D eigenvalue weighted by Crippen LogP contribution is -2.36. The summed E-state index contributed by atoms with van der Waals surface area (Å²) in [4.78, 5) is 19.2. The lowest BCUT2D eigenvalue weighted by atomic mass is 10.1.